The van der Waals surface area contributed by atoms with Crippen LogP contribution in [0.15, 0.2) is 95.3 Å². The van der Waals surface area contributed by atoms with Crippen LogP contribution in [0, 0.1) is 0 Å². The highest BCUT2D eigenvalue weighted by Gasteiger charge is 2.41. The van der Waals surface area contributed by atoms with E-state index in [4.69, 9.17) is 9.47 Å². The first-order valence-electron chi connectivity index (χ1n) is 14.0. The summed E-state index contributed by atoms with van der Waals surface area (Å²) in [6.07, 6.45) is 7.29. The highest BCUT2D eigenvalue weighted by Crippen LogP contribution is 2.46. The first-order chi connectivity index (χ1) is 19.1. The van der Waals surface area contributed by atoms with E-state index in [-0.39, 0.29) is 0 Å². The number of hydrogen-bond donors (Lipinski definition) is 0. The lowest BCUT2D eigenvalue weighted by Crippen LogP contribution is -2.39. The fraction of sp³-hybridized carbons (Fsp3) is 0.222. The number of methoxy groups -OCH3 is 2. The van der Waals surface area contributed by atoms with E-state index in [2.05, 4.69) is 111 Å². The number of rotatable bonds is 8. The fourth-order valence-electron chi connectivity index (χ4n) is 6.76. The molecule has 0 atom stereocenters. The molecule has 2 aliphatic rings. The van der Waals surface area contributed by atoms with Crippen molar-refractivity contribution in [2.24, 2.45) is 0 Å². The first kappa shape index (κ1) is 25.5. The number of allylic oxidation sites excluding steroid dienone is 2. The zero-order valence-corrected chi connectivity index (χ0v) is 24.4. The SMILES string of the molecule is CC[Si](CC)(C1=Cc2c(cccc2-c2ccc(OC)cc2)C1)C1=Cc2c(cccc2-c2ccc(OC)cc2)C1. The Kier molecular flexibility index (Phi) is 6.78. The molecule has 3 heteroatoms. The summed E-state index contributed by atoms with van der Waals surface area (Å²) in [7, 11) is 1.58. The molecule has 2 aliphatic carbocycles. The maximum Gasteiger partial charge on any atom is 0.118 e. The van der Waals surface area contributed by atoms with Crippen LogP contribution >= 0.6 is 0 Å². The van der Waals surface area contributed by atoms with Crippen LogP contribution < -0.4 is 9.47 Å². The Morgan fingerprint density at radius 1 is 0.564 bits per heavy atom. The summed E-state index contributed by atoms with van der Waals surface area (Å²) in [6, 6.07) is 33.1. The molecule has 4 aromatic rings. The Bertz CT molecular complexity index is 1450. The van der Waals surface area contributed by atoms with Crippen molar-refractivity contribution in [1.82, 2.24) is 0 Å². The van der Waals surface area contributed by atoms with Gasteiger partial charge in [0.1, 0.15) is 19.6 Å². The third kappa shape index (κ3) is 4.35. The monoisotopic (exact) mass is 528 g/mol. The lowest BCUT2D eigenvalue weighted by molar-refractivity contribution is 0.415. The third-order valence-electron chi connectivity index (χ3n) is 9.03. The van der Waals surface area contributed by atoms with Gasteiger partial charge in [-0.25, -0.2) is 0 Å². The zero-order valence-electron chi connectivity index (χ0n) is 23.4. The van der Waals surface area contributed by atoms with Gasteiger partial charge >= 0.3 is 0 Å². The predicted octanol–water partition coefficient (Wildman–Crippen LogP) is 9.18. The van der Waals surface area contributed by atoms with Crippen LogP contribution in [-0.4, -0.2) is 22.3 Å². The summed E-state index contributed by atoms with van der Waals surface area (Å²) in [5.74, 6) is 1.79. The largest absolute Gasteiger partial charge is 0.497 e. The van der Waals surface area contributed by atoms with E-state index in [0.717, 1.165) is 24.3 Å². The molecule has 0 fully saturated rings. The summed E-state index contributed by atoms with van der Waals surface area (Å²) >= 11 is 0. The van der Waals surface area contributed by atoms with Gasteiger partial charge in [-0.2, -0.15) is 0 Å². The number of hydrogen-bond acceptors (Lipinski definition) is 2. The van der Waals surface area contributed by atoms with Gasteiger partial charge in [0.15, 0.2) is 0 Å². The molecule has 0 aliphatic heterocycles. The highest BCUT2D eigenvalue weighted by molar-refractivity contribution is 6.94. The van der Waals surface area contributed by atoms with Crippen molar-refractivity contribution in [1.29, 1.82) is 0 Å². The number of benzene rings is 4. The molecule has 2 nitrogen and oxygen atoms in total. The maximum absolute atomic E-state index is 5.40. The van der Waals surface area contributed by atoms with Crippen LogP contribution in [0.3, 0.4) is 0 Å². The van der Waals surface area contributed by atoms with Crippen molar-refractivity contribution in [2.75, 3.05) is 14.2 Å². The minimum absolute atomic E-state index is 0.896. The zero-order chi connectivity index (χ0) is 27.0. The average Bonchev–Trinajstić information content (AvgIpc) is 3.63. The van der Waals surface area contributed by atoms with Crippen molar-refractivity contribution in [3.05, 3.63) is 118 Å². The summed E-state index contributed by atoms with van der Waals surface area (Å²) in [5, 5.41) is 3.38. The molecule has 0 heterocycles. The number of ether oxygens (including phenoxy) is 2. The Morgan fingerprint density at radius 2 is 0.974 bits per heavy atom. The van der Waals surface area contributed by atoms with Crippen LogP contribution in [0.4, 0.5) is 0 Å². The van der Waals surface area contributed by atoms with Crippen molar-refractivity contribution in [2.45, 2.75) is 38.8 Å². The molecular weight excluding hydrogens is 492 g/mol. The van der Waals surface area contributed by atoms with Gasteiger partial charge in [0, 0.05) is 0 Å². The lowest BCUT2D eigenvalue weighted by atomic mass is 9.97. The van der Waals surface area contributed by atoms with Gasteiger partial charge in [-0.3, -0.25) is 0 Å². The second kappa shape index (κ2) is 10.4. The quantitative estimate of drug-likeness (QED) is 0.212. The smallest absolute Gasteiger partial charge is 0.118 e. The van der Waals surface area contributed by atoms with Gasteiger partial charge in [-0.1, -0.05) is 109 Å². The fourth-order valence-corrected chi connectivity index (χ4v) is 11.4. The van der Waals surface area contributed by atoms with Crippen LogP contribution in [0.5, 0.6) is 11.5 Å². The van der Waals surface area contributed by atoms with Gasteiger partial charge < -0.3 is 9.47 Å². The molecule has 0 unspecified atom stereocenters. The normalized spacial score (nSPS) is 13.9. The van der Waals surface area contributed by atoms with Gasteiger partial charge in [-0.05, 0) is 81.6 Å². The number of fused-ring (bicyclic) bond motifs is 2. The maximum atomic E-state index is 5.40. The van der Waals surface area contributed by atoms with Crippen molar-refractivity contribution >= 4 is 20.2 Å². The molecule has 196 valence electrons. The van der Waals surface area contributed by atoms with E-state index in [1.165, 1.54) is 56.6 Å². The summed E-state index contributed by atoms with van der Waals surface area (Å²) in [5.41, 5.74) is 10.9. The van der Waals surface area contributed by atoms with Crippen LogP contribution in [0.1, 0.15) is 36.1 Å². The van der Waals surface area contributed by atoms with E-state index >= 15 is 0 Å². The Balaban J connectivity index is 1.39. The molecule has 39 heavy (non-hydrogen) atoms. The van der Waals surface area contributed by atoms with Crippen molar-refractivity contribution in [3.63, 3.8) is 0 Å². The van der Waals surface area contributed by atoms with Gasteiger partial charge in [0.05, 0.1) is 14.2 Å². The van der Waals surface area contributed by atoms with E-state index in [1.54, 1.807) is 24.6 Å². The molecule has 0 aromatic heterocycles. The van der Waals surface area contributed by atoms with Gasteiger partial charge in [0.25, 0.3) is 0 Å². The first-order valence-corrected chi connectivity index (χ1v) is 16.5. The molecule has 0 bridgehead atoms. The molecule has 0 saturated heterocycles. The lowest BCUT2D eigenvalue weighted by Gasteiger charge is -2.33. The molecule has 0 radical (unpaired) electrons. The molecule has 0 amide bonds. The second-order valence-corrected chi connectivity index (χ2v) is 15.6. The Labute approximate surface area is 233 Å². The van der Waals surface area contributed by atoms with Gasteiger partial charge in [0.2, 0.25) is 0 Å². The topological polar surface area (TPSA) is 18.5 Å². The molecule has 4 aromatic carbocycles. The van der Waals surface area contributed by atoms with Crippen LogP contribution in [0.2, 0.25) is 12.1 Å². The molecule has 0 saturated carbocycles. The second-order valence-electron chi connectivity index (χ2n) is 10.7. The predicted molar refractivity (Wildman–Crippen MR) is 167 cm³/mol. The van der Waals surface area contributed by atoms with Crippen molar-refractivity contribution < 1.29 is 9.47 Å². The minimum atomic E-state index is -1.87. The van der Waals surface area contributed by atoms with E-state index in [0.29, 0.717) is 0 Å². The van der Waals surface area contributed by atoms with Gasteiger partial charge in [-0.15, -0.1) is 0 Å². The van der Waals surface area contributed by atoms with E-state index < -0.39 is 8.07 Å². The molecule has 0 N–H and O–H groups in total. The standard InChI is InChI=1S/C36H36O2Si/c1-5-39(6-2,31-21-27-9-7-11-33(35(27)23-31)25-13-17-29(37-3)18-14-25)32-22-28-10-8-12-34(36(28)24-32)26-15-19-30(38-4)20-16-26/h7-20,23-24H,5-6,21-22H2,1-4H3. The van der Waals surface area contributed by atoms with Crippen molar-refractivity contribution in [3.8, 4) is 33.8 Å². The van der Waals surface area contributed by atoms with E-state index in [1.807, 2.05) is 0 Å². The van der Waals surface area contributed by atoms with Crippen LogP contribution in [-0.2, 0) is 12.8 Å². The summed E-state index contributed by atoms with van der Waals surface area (Å²) in [4.78, 5) is 0. The van der Waals surface area contributed by atoms with E-state index in [9.17, 15) is 0 Å². The summed E-state index contributed by atoms with van der Waals surface area (Å²) in [6.45, 7) is 4.86. The molecular formula is C36H36O2Si. The minimum Gasteiger partial charge on any atom is -0.497 e. The third-order valence-corrected chi connectivity index (χ3v) is 14.5. The molecule has 0 spiro atoms. The Morgan fingerprint density at radius 3 is 1.33 bits per heavy atom. The summed E-state index contributed by atoms with van der Waals surface area (Å²) < 4.78 is 10.8. The average molecular weight is 529 g/mol. The highest BCUT2D eigenvalue weighted by atomic mass is 28.3. The Hall–Kier alpha value is -3.82. The van der Waals surface area contributed by atoms with Crippen LogP contribution in [0.25, 0.3) is 34.4 Å². The molecule has 6 rings (SSSR count).